The summed E-state index contributed by atoms with van der Waals surface area (Å²) in [5, 5.41) is 8.73. The minimum atomic E-state index is -0.417. The van der Waals surface area contributed by atoms with Crippen molar-refractivity contribution in [2.75, 3.05) is 17.2 Å². The lowest BCUT2D eigenvalue weighted by Gasteiger charge is -2.11. The Morgan fingerprint density at radius 1 is 1.08 bits per heavy atom. The third-order valence-corrected chi connectivity index (χ3v) is 4.09. The first-order valence-electron chi connectivity index (χ1n) is 8.30. The fourth-order valence-corrected chi connectivity index (χ4v) is 2.87. The molecule has 25 heavy (non-hydrogen) atoms. The number of halogens is 1. The molecule has 1 heterocycles. The zero-order valence-electron chi connectivity index (χ0n) is 13.7. The second kappa shape index (κ2) is 7.90. The summed E-state index contributed by atoms with van der Waals surface area (Å²) in [5.41, 5.74) is 1.34. The number of amides is 2. The molecule has 0 bridgehead atoms. The average Bonchev–Trinajstić information content (AvgIpc) is 3.08. The van der Waals surface area contributed by atoms with Gasteiger partial charge < -0.3 is 16.0 Å². The van der Waals surface area contributed by atoms with Gasteiger partial charge in [-0.2, -0.15) is 0 Å². The molecule has 1 unspecified atom stereocenters. The van der Waals surface area contributed by atoms with Crippen LogP contribution in [0.2, 0.25) is 0 Å². The Labute approximate surface area is 145 Å². The van der Waals surface area contributed by atoms with E-state index >= 15 is 0 Å². The number of carbonyl (C=O) groups is 2. The molecule has 2 aromatic rings. The van der Waals surface area contributed by atoms with Crippen molar-refractivity contribution in [1.29, 1.82) is 0 Å². The van der Waals surface area contributed by atoms with Gasteiger partial charge in [-0.25, -0.2) is 4.39 Å². The highest BCUT2D eigenvalue weighted by molar-refractivity contribution is 6.05. The van der Waals surface area contributed by atoms with Gasteiger partial charge >= 0.3 is 0 Å². The van der Waals surface area contributed by atoms with E-state index in [0.717, 1.165) is 19.4 Å². The van der Waals surface area contributed by atoms with Crippen LogP contribution in [0, 0.1) is 5.82 Å². The van der Waals surface area contributed by atoms with Crippen molar-refractivity contribution in [2.45, 2.75) is 25.3 Å². The van der Waals surface area contributed by atoms with Crippen molar-refractivity contribution < 1.29 is 14.0 Å². The van der Waals surface area contributed by atoms with Gasteiger partial charge in [0.25, 0.3) is 5.91 Å². The van der Waals surface area contributed by atoms with Crippen molar-refractivity contribution in [1.82, 2.24) is 5.32 Å². The van der Waals surface area contributed by atoms with Crippen molar-refractivity contribution in [3.63, 3.8) is 0 Å². The van der Waals surface area contributed by atoms with Crippen LogP contribution in [0.25, 0.3) is 0 Å². The standard InChI is InChI=1S/C19H20FN3O2/c20-14-5-2-7-17(11-14)23-19(25)13-4-1-6-16(10-13)22-18(24)12-15-8-3-9-21-15/h1-2,4-7,10-11,15,21H,3,8-9,12H2,(H,22,24)(H,23,25). The molecule has 1 atom stereocenters. The Hall–Kier alpha value is -2.73. The van der Waals surface area contributed by atoms with Crippen molar-refractivity contribution in [3.05, 3.63) is 59.9 Å². The van der Waals surface area contributed by atoms with Crippen LogP contribution >= 0.6 is 0 Å². The molecule has 6 heteroatoms. The Morgan fingerprint density at radius 3 is 2.56 bits per heavy atom. The van der Waals surface area contributed by atoms with Crippen LogP contribution in [0.4, 0.5) is 15.8 Å². The molecule has 130 valence electrons. The second-order valence-corrected chi connectivity index (χ2v) is 6.09. The smallest absolute Gasteiger partial charge is 0.255 e. The van der Waals surface area contributed by atoms with Crippen molar-refractivity contribution >= 4 is 23.2 Å². The zero-order chi connectivity index (χ0) is 17.6. The summed E-state index contributed by atoms with van der Waals surface area (Å²) in [6.07, 6.45) is 2.51. The van der Waals surface area contributed by atoms with E-state index in [1.807, 2.05) is 0 Å². The molecule has 0 radical (unpaired) electrons. The van der Waals surface area contributed by atoms with Gasteiger partial charge in [0.15, 0.2) is 0 Å². The molecule has 0 spiro atoms. The SMILES string of the molecule is O=C(CC1CCCN1)Nc1cccc(C(=O)Nc2cccc(F)c2)c1. The molecule has 3 N–H and O–H groups in total. The molecule has 1 fully saturated rings. The molecule has 2 amide bonds. The Balaban J connectivity index is 1.62. The minimum Gasteiger partial charge on any atom is -0.326 e. The third kappa shape index (κ3) is 4.87. The van der Waals surface area contributed by atoms with Crippen LogP contribution in [0.15, 0.2) is 48.5 Å². The van der Waals surface area contributed by atoms with E-state index in [1.54, 1.807) is 30.3 Å². The number of nitrogens with one attached hydrogen (secondary N) is 3. The molecular formula is C19H20FN3O2. The highest BCUT2D eigenvalue weighted by Crippen LogP contribution is 2.16. The Kier molecular flexibility index (Phi) is 5.40. The maximum Gasteiger partial charge on any atom is 0.255 e. The van der Waals surface area contributed by atoms with Gasteiger partial charge in [0.1, 0.15) is 5.82 Å². The molecule has 0 aromatic heterocycles. The van der Waals surface area contributed by atoms with E-state index in [1.165, 1.54) is 18.2 Å². The van der Waals surface area contributed by atoms with Gasteiger partial charge in [0, 0.05) is 29.4 Å². The van der Waals surface area contributed by atoms with E-state index in [4.69, 9.17) is 0 Å². The number of benzene rings is 2. The Bertz CT molecular complexity index is 773. The lowest BCUT2D eigenvalue weighted by atomic mass is 10.1. The number of rotatable bonds is 5. The normalized spacial score (nSPS) is 16.4. The lowest BCUT2D eigenvalue weighted by Crippen LogP contribution is -2.27. The van der Waals surface area contributed by atoms with Crippen molar-refractivity contribution in [3.8, 4) is 0 Å². The molecule has 3 rings (SSSR count). The number of carbonyl (C=O) groups excluding carboxylic acids is 2. The predicted octanol–water partition coefficient (Wildman–Crippen LogP) is 3.16. The fraction of sp³-hybridized carbons (Fsp3) is 0.263. The first-order chi connectivity index (χ1) is 12.1. The minimum absolute atomic E-state index is 0.0814. The summed E-state index contributed by atoms with van der Waals surface area (Å²) >= 11 is 0. The van der Waals surface area contributed by atoms with Crippen LogP contribution in [-0.2, 0) is 4.79 Å². The van der Waals surface area contributed by atoms with Gasteiger partial charge in [-0.05, 0) is 55.8 Å². The zero-order valence-corrected chi connectivity index (χ0v) is 13.7. The molecular weight excluding hydrogens is 321 g/mol. The Morgan fingerprint density at radius 2 is 1.84 bits per heavy atom. The molecule has 0 saturated carbocycles. The maximum absolute atomic E-state index is 13.2. The quantitative estimate of drug-likeness (QED) is 0.782. The van der Waals surface area contributed by atoms with Crippen LogP contribution in [-0.4, -0.2) is 24.4 Å². The van der Waals surface area contributed by atoms with Gasteiger partial charge in [0.05, 0.1) is 0 Å². The van der Waals surface area contributed by atoms with Crippen LogP contribution in [0.5, 0.6) is 0 Å². The second-order valence-electron chi connectivity index (χ2n) is 6.09. The molecule has 0 aliphatic carbocycles. The van der Waals surface area contributed by atoms with E-state index in [2.05, 4.69) is 16.0 Å². The number of hydrogen-bond donors (Lipinski definition) is 3. The van der Waals surface area contributed by atoms with Crippen LogP contribution < -0.4 is 16.0 Å². The maximum atomic E-state index is 13.2. The summed E-state index contributed by atoms with van der Waals surface area (Å²) in [6, 6.07) is 12.6. The topological polar surface area (TPSA) is 70.2 Å². The van der Waals surface area contributed by atoms with E-state index in [9.17, 15) is 14.0 Å². The van der Waals surface area contributed by atoms with E-state index in [-0.39, 0.29) is 17.9 Å². The van der Waals surface area contributed by atoms with Gasteiger partial charge in [-0.3, -0.25) is 9.59 Å². The molecule has 1 saturated heterocycles. The first kappa shape index (κ1) is 17.1. The first-order valence-corrected chi connectivity index (χ1v) is 8.30. The molecule has 2 aromatic carbocycles. The monoisotopic (exact) mass is 341 g/mol. The molecule has 5 nitrogen and oxygen atoms in total. The summed E-state index contributed by atoms with van der Waals surface area (Å²) < 4.78 is 13.2. The number of anilines is 2. The van der Waals surface area contributed by atoms with Crippen LogP contribution in [0.1, 0.15) is 29.6 Å². The van der Waals surface area contributed by atoms with Crippen LogP contribution in [0.3, 0.4) is 0 Å². The largest absolute Gasteiger partial charge is 0.326 e. The van der Waals surface area contributed by atoms with Gasteiger partial charge in [-0.15, -0.1) is 0 Å². The average molecular weight is 341 g/mol. The summed E-state index contributed by atoms with van der Waals surface area (Å²) in [4.78, 5) is 24.4. The summed E-state index contributed by atoms with van der Waals surface area (Å²) in [6.45, 7) is 0.952. The highest BCUT2D eigenvalue weighted by atomic mass is 19.1. The molecule has 1 aliphatic heterocycles. The summed E-state index contributed by atoms with van der Waals surface area (Å²) in [7, 11) is 0. The number of hydrogen-bond acceptors (Lipinski definition) is 3. The lowest BCUT2D eigenvalue weighted by molar-refractivity contribution is -0.116. The fourth-order valence-electron chi connectivity index (χ4n) is 2.87. The van der Waals surface area contributed by atoms with Gasteiger partial charge in [0.2, 0.25) is 5.91 Å². The van der Waals surface area contributed by atoms with E-state index < -0.39 is 5.82 Å². The highest BCUT2D eigenvalue weighted by Gasteiger charge is 2.17. The van der Waals surface area contributed by atoms with Crippen molar-refractivity contribution in [2.24, 2.45) is 0 Å². The summed E-state index contributed by atoms with van der Waals surface area (Å²) in [5.74, 6) is -0.861. The van der Waals surface area contributed by atoms with Gasteiger partial charge in [-0.1, -0.05) is 12.1 Å². The molecule has 1 aliphatic rings. The third-order valence-electron chi connectivity index (χ3n) is 4.09. The predicted molar refractivity (Wildman–Crippen MR) is 95.1 cm³/mol. The van der Waals surface area contributed by atoms with E-state index in [0.29, 0.717) is 23.4 Å².